The van der Waals surface area contributed by atoms with Gasteiger partial charge in [-0.25, -0.2) is 14.8 Å². The van der Waals surface area contributed by atoms with Crippen LogP contribution in [0, 0.1) is 18.3 Å². The Morgan fingerprint density at radius 1 is 0.962 bits per heavy atom. The van der Waals surface area contributed by atoms with Gasteiger partial charge in [0.1, 0.15) is 11.6 Å². The molecule has 0 spiro atoms. The largest absolute Gasteiger partial charge is 0.496 e. The van der Waals surface area contributed by atoms with Crippen molar-refractivity contribution >= 4 is 29.2 Å². The Morgan fingerprint density at radius 3 is 2.26 bits per heavy atom. The van der Waals surface area contributed by atoms with Crippen molar-refractivity contribution in [2.75, 3.05) is 38.9 Å². The minimum atomic E-state index is -0.350. The standard InChI is InChI=1S/C36H47N3O2S.C7H13NO3.H2/c1-25-21-28(11-12-29(25)41-5)36-17-14-35(15-18-36,16-19-36)24-39(32(40)26-9-7-6-8-10-26)31-22-27(13-20-37-31)30-23-38-33(42-30)34(2,3)4;1-10-7(9)8-6-2-4-11-5-3-6;/h11-13,20-23,26H,6-10,14-19,24H2,1-5H3;6H,2-5H2,1H3,(H,8,9);1H. The van der Waals surface area contributed by atoms with E-state index in [0.29, 0.717) is 5.91 Å². The number of ether oxygens (including phenoxy) is 3. The number of benzene rings is 1. The normalized spacial score (nSPS) is 23.4. The molecule has 3 heterocycles. The van der Waals surface area contributed by atoms with Crippen LogP contribution in [0.25, 0.3) is 10.4 Å². The third-order valence-corrected chi connectivity index (χ3v) is 13.8. The maximum absolute atomic E-state index is 14.3. The SMILES string of the molecule is COC(=O)NC1CCOCC1.COc1ccc(C23CCC(CN(C(=O)C4CCCCC4)c4cc(-c5cnc(C(C)(C)C)s5)ccn4)(CC2)CC3)cc1C.[HH]. The van der Waals surface area contributed by atoms with Gasteiger partial charge in [0, 0.05) is 51.0 Å². The molecule has 290 valence electrons. The van der Waals surface area contributed by atoms with E-state index >= 15 is 0 Å². The van der Waals surface area contributed by atoms with Crippen LogP contribution in [0.2, 0.25) is 0 Å². The van der Waals surface area contributed by atoms with Gasteiger partial charge in [-0.15, -0.1) is 11.3 Å². The Morgan fingerprint density at radius 2 is 1.66 bits per heavy atom. The van der Waals surface area contributed by atoms with Gasteiger partial charge < -0.3 is 19.5 Å². The van der Waals surface area contributed by atoms with Crippen molar-refractivity contribution in [1.29, 1.82) is 0 Å². The third-order valence-electron chi connectivity index (χ3n) is 12.3. The zero-order valence-electron chi connectivity index (χ0n) is 32.8. The number of rotatable bonds is 8. The molecule has 53 heavy (non-hydrogen) atoms. The molecular weight excluding hydrogens is 685 g/mol. The smallest absolute Gasteiger partial charge is 0.407 e. The predicted molar refractivity (Wildman–Crippen MR) is 214 cm³/mol. The lowest BCUT2D eigenvalue weighted by atomic mass is 9.51. The molecule has 0 unspecified atom stereocenters. The average molecular weight is 747 g/mol. The number of alkyl carbamates (subject to hydrolysis) is 1. The third kappa shape index (κ3) is 9.25. The number of aromatic nitrogens is 2. The van der Waals surface area contributed by atoms with Crippen molar-refractivity contribution < 1.29 is 25.2 Å². The molecule has 4 aliphatic carbocycles. The van der Waals surface area contributed by atoms with Crippen LogP contribution in [0.4, 0.5) is 10.6 Å². The quantitative estimate of drug-likeness (QED) is 0.245. The summed E-state index contributed by atoms with van der Waals surface area (Å²) in [5, 5.41) is 3.86. The summed E-state index contributed by atoms with van der Waals surface area (Å²) in [6, 6.07) is 11.2. The van der Waals surface area contributed by atoms with Gasteiger partial charge in [0.25, 0.3) is 0 Å². The van der Waals surface area contributed by atoms with Crippen molar-refractivity contribution in [2.24, 2.45) is 11.3 Å². The van der Waals surface area contributed by atoms with Gasteiger partial charge in [-0.05, 0) is 117 Å². The van der Waals surface area contributed by atoms with Crippen molar-refractivity contribution in [3.63, 3.8) is 0 Å². The highest BCUT2D eigenvalue weighted by molar-refractivity contribution is 7.15. The van der Waals surface area contributed by atoms with Crippen molar-refractivity contribution in [3.8, 4) is 16.2 Å². The molecule has 0 radical (unpaired) electrons. The number of fused-ring (bicyclic) bond motifs is 3. The van der Waals surface area contributed by atoms with Gasteiger partial charge in [-0.1, -0.05) is 52.2 Å². The lowest BCUT2D eigenvalue weighted by Gasteiger charge is -2.55. The highest BCUT2D eigenvalue weighted by Gasteiger charge is 2.50. The Bertz CT molecular complexity index is 1690. The lowest BCUT2D eigenvalue weighted by molar-refractivity contribution is -0.124. The van der Waals surface area contributed by atoms with Crippen molar-refractivity contribution in [2.45, 2.75) is 128 Å². The highest BCUT2D eigenvalue weighted by Crippen LogP contribution is 2.58. The summed E-state index contributed by atoms with van der Waals surface area (Å²) in [6.07, 6.45) is 17.9. The van der Waals surface area contributed by atoms with Crippen LogP contribution in [0.5, 0.6) is 5.75 Å². The number of anilines is 1. The number of pyridine rings is 1. The lowest BCUT2D eigenvalue weighted by Crippen LogP contribution is -2.51. The molecule has 1 N–H and O–H groups in total. The van der Waals surface area contributed by atoms with E-state index in [1.165, 1.54) is 43.9 Å². The molecule has 5 fully saturated rings. The molecule has 0 atom stereocenters. The van der Waals surface area contributed by atoms with E-state index < -0.39 is 0 Å². The van der Waals surface area contributed by atoms with Crippen LogP contribution in [-0.4, -0.2) is 62.0 Å². The van der Waals surface area contributed by atoms with Gasteiger partial charge in [0.05, 0.1) is 24.1 Å². The number of amides is 2. The number of nitrogens with one attached hydrogen (secondary N) is 1. The summed E-state index contributed by atoms with van der Waals surface area (Å²) < 4.78 is 15.1. The van der Waals surface area contributed by atoms with Crippen LogP contribution < -0.4 is 15.0 Å². The Labute approximate surface area is 322 Å². The molecule has 8 rings (SSSR count). The summed E-state index contributed by atoms with van der Waals surface area (Å²) in [7, 11) is 3.12. The first kappa shape index (κ1) is 39.2. The summed E-state index contributed by atoms with van der Waals surface area (Å²) in [5.74, 6) is 2.19. The monoisotopic (exact) mass is 746 g/mol. The molecule has 5 aliphatic rings. The fourth-order valence-corrected chi connectivity index (χ4v) is 9.83. The van der Waals surface area contributed by atoms with E-state index in [-0.39, 0.29) is 35.7 Å². The number of carbonyl (C=O) groups is 2. The number of aryl methyl sites for hydroxylation is 1. The van der Waals surface area contributed by atoms with Crippen molar-refractivity contribution in [3.05, 3.63) is 58.9 Å². The minimum Gasteiger partial charge on any atom is -0.496 e. The molecule has 2 aromatic heterocycles. The minimum absolute atomic E-state index is 0. The van der Waals surface area contributed by atoms with E-state index in [1.807, 2.05) is 12.4 Å². The number of hydrogen-bond donors (Lipinski definition) is 1. The van der Waals surface area contributed by atoms with Gasteiger partial charge in [-0.2, -0.15) is 0 Å². The van der Waals surface area contributed by atoms with E-state index in [9.17, 15) is 9.59 Å². The first-order chi connectivity index (χ1) is 25.4. The number of thiazole rings is 1. The molecule has 9 nitrogen and oxygen atoms in total. The first-order valence-electron chi connectivity index (χ1n) is 19.8. The van der Waals surface area contributed by atoms with Crippen LogP contribution in [-0.2, 0) is 25.1 Å². The fourth-order valence-electron chi connectivity index (χ4n) is 8.86. The summed E-state index contributed by atoms with van der Waals surface area (Å²) >= 11 is 1.75. The topological polar surface area (TPSA) is 103 Å². The molecule has 1 saturated heterocycles. The Hall–Kier alpha value is -3.50. The first-order valence-corrected chi connectivity index (χ1v) is 20.6. The molecule has 2 amide bonds. The molecule has 3 aromatic rings. The average Bonchev–Trinajstić information content (AvgIpc) is 3.70. The second-order valence-corrected chi connectivity index (χ2v) is 18.0. The van der Waals surface area contributed by atoms with Gasteiger partial charge in [0.15, 0.2) is 0 Å². The van der Waals surface area contributed by atoms with Gasteiger partial charge in [0.2, 0.25) is 5.91 Å². The fraction of sp³-hybridized carbons (Fsp3) is 0.628. The summed E-state index contributed by atoms with van der Waals surface area (Å²) in [4.78, 5) is 37.8. The van der Waals surface area contributed by atoms with Crippen LogP contribution >= 0.6 is 11.3 Å². The highest BCUT2D eigenvalue weighted by atomic mass is 32.1. The van der Waals surface area contributed by atoms with E-state index in [0.717, 1.165) is 105 Å². The Balaban J connectivity index is 0.000000403. The molecule has 1 aliphatic heterocycles. The second kappa shape index (κ2) is 16.9. The zero-order chi connectivity index (χ0) is 37.6. The molecule has 4 saturated carbocycles. The number of carbonyl (C=O) groups excluding carboxylic acids is 2. The second-order valence-electron chi connectivity index (χ2n) is 16.9. The molecule has 1 aromatic carbocycles. The summed E-state index contributed by atoms with van der Waals surface area (Å²) in [5.41, 5.74) is 4.23. The van der Waals surface area contributed by atoms with Crippen LogP contribution in [0.1, 0.15) is 122 Å². The molecular formula is C43H62N4O5S. The number of hydrogen-bond acceptors (Lipinski definition) is 8. The van der Waals surface area contributed by atoms with E-state index in [1.54, 1.807) is 18.4 Å². The molecule has 10 heteroatoms. The Kier molecular flexibility index (Phi) is 12.5. The number of nitrogens with zero attached hydrogens (tertiary/aromatic N) is 3. The van der Waals surface area contributed by atoms with Gasteiger partial charge in [-0.3, -0.25) is 9.69 Å². The van der Waals surface area contributed by atoms with Crippen molar-refractivity contribution in [1.82, 2.24) is 15.3 Å². The predicted octanol–water partition coefficient (Wildman–Crippen LogP) is 9.79. The zero-order valence-corrected chi connectivity index (χ0v) is 33.6. The van der Waals surface area contributed by atoms with E-state index in [2.05, 4.69) is 73.0 Å². The van der Waals surface area contributed by atoms with Crippen LogP contribution in [0.15, 0.2) is 42.7 Å². The van der Waals surface area contributed by atoms with Crippen LogP contribution in [0.3, 0.4) is 0 Å². The summed E-state index contributed by atoms with van der Waals surface area (Å²) in [6.45, 7) is 11.0. The maximum Gasteiger partial charge on any atom is 0.407 e. The number of methoxy groups -OCH3 is 2. The van der Waals surface area contributed by atoms with Gasteiger partial charge >= 0.3 is 6.09 Å². The maximum atomic E-state index is 14.3. The van der Waals surface area contributed by atoms with E-state index in [4.69, 9.17) is 19.4 Å². The molecule has 2 bridgehead atoms.